The maximum Gasteiger partial charge on any atom is 0.259 e. The standard InChI is InChI=1S/C34H39N5O7S2/c1-45-22-10-13-25-26(14-22)36-27(28-19-47-20-35-28)16-30(25)46-23-15-29-32(41)37-34(33(42)38-48(43,44)24-11-12-24)17-21(34)8-6-4-2-3-5-7-9-31(40)39(29)18-23/h6,8,10,13-14,16,19-21,23-24,29H,2-5,7,9,11-12,15,17-18H2,1H3,(H,37,41)(H,38,42)/t21-,23-,29+,34-/m1/s1. The van der Waals surface area contributed by atoms with Gasteiger partial charge in [0, 0.05) is 41.7 Å². The second kappa shape index (κ2) is 13.1. The van der Waals surface area contributed by atoms with Crippen LogP contribution in [0.15, 0.2) is 47.3 Å². The number of allylic oxidation sites excluding steroid dienone is 1. The lowest BCUT2D eigenvalue weighted by Gasteiger charge is -2.26. The zero-order chi connectivity index (χ0) is 33.5. The molecule has 1 aromatic carbocycles. The molecule has 2 aliphatic carbocycles. The number of ether oxygens (including phenoxy) is 2. The maximum absolute atomic E-state index is 14.1. The summed E-state index contributed by atoms with van der Waals surface area (Å²) in [5.41, 5.74) is 2.30. The van der Waals surface area contributed by atoms with E-state index in [1.807, 2.05) is 41.8 Å². The quantitative estimate of drug-likeness (QED) is 0.348. The first-order valence-corrected chi connectivity index (χ1v) is 19.0. The highest BCUT2D eigenvalue weighted by molar-refractivity contribution is 7.91. The molecule has 3 fully saturated rings. The van der Waals surface area contributed by atoms with Crippen LogP contribution in [0.4, 0.5) is 0 Å². The Bertz CT molecular complexity index is 1860. The molecule has 0 unspecified atom stereocenters. The lowest BCUT2D eigenvalue weighted by Crippen LogP contribution is -2.56. The first kappa shape index (κ1) is 32.5. The van der Waals surface area contributed by atoms with E-state index >= 15 is 0 Å². The predicted molar refractivity (Wildman–Crippen MR) is 180 cm³/mol. The van der Waals surface area contributed by atoms with E-state index in [2.05, 4.69) is 15.0 Å². The van der Waals surface area contributed by atoms with Gasteiger partial charge in [-0.15, -0.1) is 11.3 Å². The van der Waals surface area contributed by atoms with Gasteiger partial charge in [-0.25, -0.2) is 18.4 Å². The molecular formula is C34H39N5O7S2. The molecule has 14 heteroatoms. The van der Waals surface area contributed by atoms with Crippen LogP contribution in [0.1, 0.15) is 64.2 Å². The highest BCUT2D eigenvalue weighted by Gasteiger charge is 2.62. The van der Waals surface area contributed by atoms with Crippen molar-refractivity contribution in [2.24, 2.45) is 5.92 Å². The van der Waals surface area contributed by atoms with Crippen molar-refractivity contribution in [2.45, 2.75) is 87.1 Å². The lowest BCUT2D eigenvalue weighted by molar-refractivity contribution is -0.139. The summed E-state index contributed by atoms with van der Waals surface area (Å²) in [6.07, 6.45) is 9.50. The molecule has 4 atom stereocenters. The second-order valence-electron chi connectivity index (χ2n) is 13.1. The van der Waals surface area contributed by atoms with Gasteiger partial charge in [-0.2, -0.15) is 0 Å². The third-order valence-corrected chi connectivity index (χ3v) is 12.1. The number of methoxy groups -OCH3 is 1. The molecule has 7 rings (SSSR count). The molecule has 1 saturated heterocycles. The smallest absolute Gasteiger partial charge is 0.259 e. The van der Waals surface area contributed by atoms with Gasteiger partial charge >= 0.3 is 0 Å². The Morgan fingerprint density at radius 2 is 1.96 bits per heavy atom. The van der Waals surface area contributed by atoms with Crippen molar-refractivity contribution in [1.29, 1.82) is 0 Å². The number of aromatic nitrogens is 2. The minimum atomic E-state index is -3.82. The number of hydrogen-bond acceptors (Lipinski definition) is 10. The fourth-order valence-corrected chi connectivity index (χ4v) is 8.63. The van der Waals surface area contributed by atoms with Crippen LogP contribution in [-0.4, -0.2) is 77.6 Å². The summed E-state index contributed by atoms with van der Waals surface area (Å²) in [5.74, 6) is -0.529. The first-order valence-electron chi connectivity index (χ1n) is 16.5. The van der Waals surface area contributed by atoms with E-state index in [0.29, 0.717) is 54.1 Å². The van der Waals surface area contributed by atoms with Gasteiger partial charge in [-0.3, -0.25) is 19.1 Å². The van der Waals surface area contributed by atoms with Crippen LogP contribution in [0.25, 0.3) is 22.3 Å². The van der Waals surface area contributed by atoms with E-state index in [9.17, 15) is 22.8 Å². The van der Waals surface area contributed by atoms with E-state index in [1.54, 1.807) is 17.5 Å². The predicted octanol–water partition coefficient (Wildman–Crippen LogP) is 4.11. The number of amides is 3. The van der Waals surface area contributed by atoms with Gasteiger partial charge in [0.05, 0.1) is 41.3 Å². The van der Waals surface area contributed by atoms with Crippen molar-refractivity contribution in [2.75, 3.05) is 13.7 Å². The van der Waals surface area contributed by atoms with Crippen LogP contribution in [0.3, 0.4) is 0 Å². The molecule has 4 heterocycles. The van der Waals surface area contributed by atoms with Crippen LogP contribution in [0.2, 0.25) is 0 Å². The molecule has 0 bridgehead atoms. The molecule has 4 aliphatic rings. The van der Waals surface area contributed by atoms with E-state index in [4.69, 9.17) is 14.5 Å². The van der Waals surface area contributed by atoms with Crippen LogP contribution < -0.4 is 19.5 Å². The van der Waals surface area contributed by atoms with Crippen LogP contribution in [-0.2, 0) is 24.4 Å². The summed E-state index contributed by atoms with van der Waals surface area (Å²) >= 11 is 1.46. The van der Waals surface area contributed by atoms with Crippen LogP contribution in [0.5, 0.6) is 11.5 Å². The second-order valence-corrected chi connectivity index (χ2v) is 15.8. The fraction of sp³-hybridized carbons (Fsp3) is 0.500. The zero-order valence-electron chi connectivity index (χ0n) is 26.7. The number of nitrogens with one attached hydrogen (secondary N) is 2. The topological polar surface area (TPSA) is 157 Å². The molecule has 2 saturated carbocycles. The Morgan fingerprint density at radius 3 is 2.73 bits per heavy atom. The lowest BCUT2D eigenvalue weighted by atomic mass is 10.1. The SMILES string of the molecule is COc1ccc2c(O[C@@H]3C[C@H]4C(=O)N[C@]5(C(=O)NS(=O)(=O)C6CC6)C[C@H]5C=CCCCCCCC(=O)N4C3)cc(-c3cscn3)nc2c1. The van der Waals surface area contributed by atoms with Gasteiger partial charge in [0.25, 0.3) is 5.91 Å². The Hall–Kier alpha value is -4.04. The zero-order valence-corrected chi connectivity index (χ0v) is 28.4. The number of thiazole rings is 1. The molecule has 2 N–H and O–H groups in total. The number of benzene rings is 1. The normalized spacial score (nSPS) is 26.5. The number of nitrogens with zero attached hydrogens (tertiary/aromatic N) is 3. The molecule has 48 heavy (non-hydrogen) atoms. The molecule has 0 spiro atoms. The number of rotatable bonds is 7. The summed E-state index contributed by atoms with van der Waals surface area (Å²) in [6, 6.07) is 6.44. The highest BCUT2D eigenvalue weighted by Crippen LogP contribution is 2.46. The van der Waals surface area contributed by atoms with E-state index in [1.165, 1.54) is 11.3 Å². The minimum absolute atomic E-state index is 0.149. The summed E-state index contributed by atoms with van der Waals surface area (Å²) in [7, 11) is -2.23. The van der Waals surface area contributed by atoms with E-state index in [0.717, 1.165) is 31.1 Å². The molecule has 254 valence electrons. The number of sulfonamides is 1. The van der Waals surface area contributed by atoms with E-state index in [-0.39, 0.29) is 31.2 Å². The number of carbonyl (C=O) groups is 3. The van der Waals surface area contributed by atoms with Crippen LogP contribution >= 0.6 is 11.3 Å². The number of fused-ring (bicyclic) bond motifs is 3. The Morgan fingerprint density at radius 1 is 1.12 bits per heavy atom. The van der Waals surface area contributed by atoms with Crippen molar-refractivity contribution in [3.63, 3.8) is 0 Å². The summed E-state index contributed by atoms with van der Waals surface area (Å²) in [4.78, 5) is 52.0. The van der Waals surface area contributed by atoms with Gasteiger partial charge in [-0.05, 0) is 50.7 Å². The Balaban J connectivity index is 1.17. The van der Waals surface area contributed by atoms with Crippen molar-refractivity contribution in [3.8, 4) is 22.9 Å². The van der Waals surface area contributed by atoms with Crippen molar-refractivity contribution in [3.05, 3.63) is 47.3 Å². The number of pyridine rings is 1. The third-order valence-electron chi connectivity index (χ3n) is 9.70. The van der Waals surface area contributed by atoms with Gasteiger partial charge in [0.1, 0.15) is 29.2 Å². The third kappa shape index (κ3) is 6.64. The first-order chi connectivity index (χ1) is 23.2. The monoisotopic (exact) mass is 693 g/mol. The molecule has 2 aliphatic heterocycles. The highest BCUT2D eigenvalue weighted by atomic mass is 32.2. The molecule has 12 nitrogen and oxygen atoms in total. The summed E-state index contributed by atoms with van der Waals surface area (Å²) in [5, 5.41) is 4.98. The van der Waals surface area contributed by atoms with Gasteiger partial charge in [-0.1, -0.05) is 25.0 Å². The minimum Gasteiger partial charge on any atom is -0.497 e. The molecule has 3 aromatic rings. The number of carbonyl (C=O) groups excluding carboxylic acids is 3. The average Bonchev–Trinajstić information content (AvgIpc) is 3.93. The molecule has 3 amide bonds. The maximum atomic E-state index is 14.1. The molecular weight excluding hydrogens is 655 g/mol. The Labute approximate surface area is 283 Å². The van der Waals surface area contributed by atoms with Crippen molar-refractivity contribution < 1.29 is 32.3 Å². The summed E-state index contributed by atoms with van der Waals surface area (Å²) in [6.45, 7) is 0.182. The van der Waals surface area contributed by atoms with E-state index < -0.39 is 44.8 Å². The van der Waals surface area contributed by atoms with Crippen LogP contribution in [0, 0.1) is 5.92 Å². The summed E-state index contributed by atoms with van der Waals surface area (Å²) < 4.78 is 39.7. The molecule has 0 radical (unpaired) electrons. The Kier molecular flexibility index (Phi) is 8.88. The van der Waals surface area contributed by atoms with Gasteiger partial charge in [0.15, 0.2) is 0 Å². The van der Waals surface area contributed by atoms with Gasteiger partial charge in [0.2, 0.25) is 21.8 Å². The van der Waals surface area contributed by atoms with Gasteiger partial charge < -0.3 is 19.7 Å². The van der Waals surface area contributed by atoms with Crippen molar-refractivity contribution in [1.82, 2.24) is 24.9 Å². The fourth-order valence-electron chi connectivity index (χ4n) is 6.72. The average molecular weight is 694 g/mol. The largest absolute Gasteiger partial charge is 0.497 e. The molecule has 2 aromatic heterocycles. The van der Waals surface area contributed by atoms with Crippen molar-refractivity contribution >= 4 is 50.0 Å². The number of hydrogen-bond donors (Lipinski definition) is 2.